The zero-order chi connectivity index (χ0) is 21.7. The Morgan fingerprint density at radius 2 is 1.73 bits per heavy atom. The summed E-state index contributed by atoms with van der Waals surface area (Å²) in [5, 5.41) is 2.92. The van der Waals surface area contributed by atoms with Crippen molar-refractivity contribution in [3.05, 3.63) is 35.4 Å². The molecule has 0 spiro atoms. The minimum Gasteiger partial charge on any atom is -0.455 e. The number of halogens is 2. The first kappa shape index (κ1) is 22.2. The van der Waals surface area contributed by atoms with Gasteiger partial charge in [0.2, 0.25) is 0 Å². The van der Waals surface area contributed by atoms with Crippen LogP contribution in [0.4, 0.5) is 8.78 Å². The van der Waals surface area contributed by atoms with Crippen LogP contribution in [-0.4, -0.2) is 48.4 Å². The summed E-state index contributed by atoms with van der Waals surface area (Å²) in [5.74, 6) is -2.64. The van der Waals surface area contributed by atoms with Crippen LogP contribution in [0.1, 0.15) is 55.8 Å². The van der Waals surface area contributed by atoms with E-state index in [1.165, 1.54) is 4.90 Å². The van der Waals surface area contributed by atoms with Gasteiger partial charge in [-0.2, -0.15) is 0 Å². The molecule has 2 fully saturated rings. The van der Waals surface area contributed by atoms with Gasteiger partial charge in [0, 0.05) is 25.2 Å². The Morgan fingerprint density at radius 1 is 1.07 bits per heavy atom. The van der Waals surface area contributed by atoms with Gasteiger partial charge in [-0.3, -0.25) is 14.4 Å². The third kappa shape index (κ3) is 5.77. The molecule has 2 aliphatic rings. The molecule has 1 N–H and O–H groups in total. The normalized spacial score (nSPS) is 22.4. The second kappa shape index (κ2) is 10.00. The van der Waals surface area contributed by atoms with E-state index >= 15 is 0 Å². The average Bonchev–Trinajstić information content (AvgIpc) is 2.73. The highest BCUT2D eigenvalue weighted by molar-refractivity contribution is 5.94. The maximum atomic E-state index is 13.8. The number of carbonyl (C=O) groups excluding carboxylic acids is 3. The van der Waals surface area contributed by atoms with Crippen LogP contribution in [-0.2, 0) is 14.3 Å². The van der Waals surface area contributed by atoms with Crippen molar-refractivity contribution in [1.82, 2.24) is 10.2 Å². The quantitative estimate of drug-likeness (QED) is 0.740. The van der Waals surface area contributed by atoms with E-state index < -0.39 is 29.4 Å². The Balaban J connectivity index is 1.40. The highest BCUT2D eigenvalue weighted by Crippen LogP contribution is 2.24. The molecule has 0 aromatic heterocycles. The molecule has 3 rings (SSSR count). The fourth-order valence-electron chi connectivity index (χ4n) is 4.08. The Bertz CT molecular complexity index is 785. The lowest BCUT2D eigenvalue weighted by molar-refractivity contribution is -0.154. The molecule has 0 atom stereocenters. The third-order valence-corrected chi connectivity index (χ3v) is 6.00. The van der Waals surface area contributed by atoms with Gasteiger partial charge in [0.25, 0.3) is 11.8 Å². The van der Waals surface area contributed by atoms with Gasteiger partial charge < -0.3 is 15.0 Å². The minimum absolute atomic E-state index is 0.147. The van der Waals surface area contributed by atoms with Crippen LogP contribution in [0, 0.1) is 23.5 Å². The van der Waals surface area contributed by atoms with Crippen molar-refractivity contribution in [2.24, 2.45) is 11.8 Å². The number of nitrogens with one attached hydrogen (secondary N) is 1. The number of esters is 1. The average molecular weight is 422 g/mol. The van der Waals surface area contributed by atoms with Gasteiger partial charge in [-0.25, -0.2) is 8.78 Å². The summed E-state index contributed by atoms with van der Waals surface area (Å²) < 4.78 is 32.0. The predicted octanol–water partition coefficient (Wildman–Crippen LogP) is 3.06. The summed E-state index contributed by atoms with van der Waals surface area (Å²) in [5.41, 5.74) is -0.189. The number of likely N-dealkylation sites (tertiary alicyclic amines) is 1. The van der Waals surface area contributed by atoms with Crippen molar-refractivity contribution < 1.29 is 27.9 Å². The van der Waals surface area contributed by atoms with Crippen LogP contribution >= 0.6 is 0 Å². The molecule has 1 saturated carbocycles. The molecule has 6 nitrogen and oxygen atoms in total. The van der Waals surface area contributed by atoms with Crippen LogP contribution in [0.15, 0.2) is 18.2 Å². The van der Waals surface area contributed by atoms with E-state index in [1.807, 2.05) is 0 Å². The first-order chi connectivity index (χ1) is 14.3. The van der Waals surface area contributed by atoms with E-state index in [0.29, 0.717) is 24.8 Å². The first-order valence-corrected chi connectivity index (χ1v) is 10.5. The number of hydrogen-bond acceptors (Lipinski definition) is 4. The molecule has 0 bridgehead atoms. The van der Waals surface area contributed by atoms with E-state index in [1.54, 1.807) is 0 Å². The van der Waals surface area contributed by atoms with Crippen molar-refractivity contribution in [1.29, 1.82) is 0 Å². The summed E-state index contributed by atoms with van der Waals surface area (Å²) in [7, 11) is 0. The summed E-state index contributed by atoms with van der Waals surface area (Å²) in [6, 6.07) is 2.99. The summed E-state index contributed by atoms with van der Waals surface area (Å²) in [6.45, 7) is 2.43. The molecule has 1 heterocycles. The Morgan fingerprint density at radius 3 is 2.37 bits per heavy atom. The maximum absolute atomic E-state index is 13.8. The molecule has 8 heteroatoms. The Labute approximate surface area is 174 Å². The molecule has 0 unspecified atom stereocenters. The number of hydrogen-bond donors (Lipinski definition) is 1. The minimum atomic E-state index is -0.903. The zero-order valence-electron chi connectivity index (χ0n) is 17.2. The fourth-order valence-corrected chi connectivity index (χ4v) is 4.08. The third-order valence-electron chi connectivity index (χ3n) is 6.00. The van der Waals surface area contributed by atoms with Gasteiger partial charge in [-0.15, -0.1) is 0 Å². The van der Waals surface area contributed by atoms with E-state index in [9.17, 15) is 23.2 Å². The lowest BCUT2D eigenvalue weighted by atomic mass is 9.87. The van der Waals surface area contributed by atoms with Crippen molar-refractivity contribution in [2.75, 3.05) is 19.7 Å². The van der Waals surface area contributed by atoms with Gasteiger partial charge in [0.15, 0.2) is 6.61 Å². The van der Waals surface area contributed by atoms with Crippen LogP contribution in [0.3, 0.4) is 0 Å². The first-order valence-electron chi connectivity index (χ1n) is 10.5. The molecule has 30 heavy (non-hydrogen) atoms. The fraction of sp³-hybridized carbons (Fsp3) is 0.591. The number of amides is 2. The molecule has 1 saturated heterocycles. The molecule has 164 valence electrons. The monoisotopic (exact) mass is 422 g/mol. The smallest absolute Gasteiger partial charge is 0.309 e. The van der Waals surface area contributed by atoms with E-state index in [-0.39, 0.29) is 37.2 Å². The lowest BCUT2D eigenvalue weighted by Crippen LogP contribution is -2.42. The zero-order valence-corrected chi connectivity index (χ0v) is 17.2. The number of ether oxygens (including phenoxy) is 1. The molecule has 1 aromatic carbocycles. The van der Waals surface area contributed by atoms with Gasteiger partial charge in [-0.05, 0) is 56.6 Å². The predicted molar refractivity (Wildman–Crippen MR) is 106 cm³/mol. The van der Waals surface area contributed by atoms with Crippen LogP contribution in [0.25, 0.3) is 0 Å². The highest BCUT2D eigenvalue weighted by Gasteiger charge is 2.30. The molecule has 2 amide bonds. The van der Waals surface area contributed by atoms with Crippen molar-refractivity contribution in [2.45, 2.75) is 51.5 Å². The second-order valence-electron chi connectivity index (χ2n) is 8.32. The van der Waals surface area contributed by atoms with Crippen molar-refractivity contribution >= 4 is 17.8 Å². The van der Waals surface area contributed by atoms with E-state index in [4.69, 9.17) is 4.74 Å². The van der Waals surface area contributed by atoms with Gasteiger partial charge in [0.05, 0.1) is 11.5 Å². The number of piperidine rings is 1. The lowest BCUT2D eigenvalue weighted by Gasteiger charge is -2.31. The molecule has 1 aliphatic carbocycles. The molecular weight excluding hydrogens is 394 g/mol. The van der Waals surface area contributed by atoms with Crippen molar-refractivity contribution in [3.63, 3.8) is 0 Å². The van der Waals surface area contributed by atoms with Gasteiger partial charge in [-0.1, -0.05) is 6.92 Å². The maximum Gasteiger partial charge on any atom is 0.309 e. The summed E-state index contributed by atoms with van der Waals surface area (Å²) in [6.07, 6.45) is 4.81. The van der Waals surface area contributed by atoms with Crippen LogP contribution < -0.4 is 5.32 Å². The largest absolute Gasteiger partial charge is 0.455 e. The Hall–Kier alpha value is -2.51. The molecule has 1 aromatic rings. The second-order valence-corrected chi connectivity index (χ2v) is 8.32. The van der Waals surface area contributed by atoms with Gasteiger partial charge >= 0.3 is 5.97 Å². The van der Waals surface area contributed by atoms with E-state index in [0.717, 1.165) is 37.8 Å². The molecule has 0 radical (unpaired) electrons. The van der Waals surface area contributed by atoms with E-state index in [2.05, 4.69) is 12.2 Å². The van der Waals surface area contributed by atoms with Crippen LogP contribution in [0.5, 0.6) is 0 Å². The molecular formula is C22H28F2N2O4. The number of benzene rings is 1. The summed E-state index contributed by atoms with van der Waals surface area (Å²) in [4.78, 5) is 38.2. The standard InChI is InChI=1S/C22H28F2N2O4/c1-14-2-5-17(6-3-14)25-20(27)13-30-22(29)15-8-10-26(11-9-15)21(28)18-7-4-16(23)12-19(18)24/h4,7,12,14-15,17H,2-3,5-6,8-11,13H2,1H3,(H,25,27). The van der Waals surface area contributed by atoms with Gasteiger partial charge in [0.1, 0.15) is 11.6 Å². The molecule has 1 aliphatic heterocycles. The SMILES string of the molecule is CC1CCC(NC(=O)COC(=O)C2CCN(C(=O)c3ccc(F)cc3F)CC2)CC1. The Kier molecular flexibility index (Phi) is 7.39. The summed E-state index contributed by atoms with van der Waals surface area (Å²) >= 11 is 0. The highest BCUT2D eigenvalue weighted by atomic mass is 19.1. The van der Waals surface area contributed by atoms with Crippen molar-refractivity contribution in [3.8, 4) is 0 Å². The topological polar surface area (TPSA) is 75.7 Å². The van der Waals surface area contributed by atoms with Crippen LogP contribution in [0.2, 0.25) is 0 Å². The number of nitrogens with zero attached hydrogens (tertiary/aromatic N) is 1. The number of carbonyl (C=O) groups is 3. The number of rotatable bonds is 5.